The first kappa shape index (κ1) is 21.8. The summed E-state index contributed by atoms with van der Waals surface area (Å²) < 4.78 is 27.4. The van der Waals surface area contributed by atoms with Gasteiger partial charge < -0.3 is 10.2 Å². The Hall–Kier alpha value is -1.93. The summed E-state index contributed by atoms with van der Waals surface area (Å²) in [5.74, 6) is -0.0415. The maximum atomic E-state index is 12.9. The van der Waals surface area contributed by atoms with Crippen molar-refractivity contribution in [3.63, 3.8) is 0 Å². The van der Waals surface area contributed by atoms with E-state index in [0.717, 1.165) is 24.0 Å². The van der Waals surface area contributed by atoms with E-state index < -0.39 is 10.0 Å². The average molecular weight is 422 g/mol. The Labute approximate surface area is 173 Å². The summed E-state index contributed by atoms with van der Waals surface area (Å²) in [6, 6.07) is 5.36. The number of sulfonamides is 1. The second-order valence-electron chi connectivity index (χ2n) is 8.22. The van der Waals surface area contributed by atoms with Crippen LogP contribution in [0.4, 0.5) is 0 Å². The molecule has 0 aliphatic carbocycles. The van der Waals surface area contributed by atoms with E-state index in [9.17, 15) is 18.0 Å². The highest BCUT2D eigenvalue weighted by Crippen LogP contribution is 2.27. The van der Waals surface area contributed by atoms with Crippen molar-refractivity contribution in [1.82, 2.24) is 14.5 Å². The number of rotatable bonds is 4. The van der Waals surface area contributed by atoms with Gasteiger partial charge in [0.2, 0.25) is 21.8 Å². The molecule has 0 bridgehead atoms. The van der Waals surface area contributed by atoms with E-state index in [0.29, 0.717) is 43.9 Å². The molecule has 2 aliphatic heterocycles. The van der Waals surface area contributed by atoms with Gasteiger partial charge in [0.15, 0.2) is 0 Å². The molecule has 2 fully saturated rings. The smallest absolute Gasteiger partial charge is 0.243 e. The third-order valence-electron chi connectivity index (χ3n) is 6.13. The van der Waals surface area contributed by atoms with E-state index in [4.69, 9.17) is 0 Å². The monoisotopic (exact) mass is 421 g/mol. The van der Waals surface area contributed by atoms with E-state index in [1.54, 1.807) is 12.1 Å². The van der Waals surface area contributed by atoms with Crippen LogP contribution in [0.1, 0.15) is 43.7 Å². The fraction of sp³-hybridized carbons (Fsp3) is 0.619. The maximum Gasteiger partial charge on any atom is 0.243 e. The standard InChI is InChI=1S/C21H31N3O4S/c1-15-4-5-20(14-16(15)2)29(27,28)24-12-6-18(7-13-24)21(26)23-10-8-19(9-11-23)22-17(3)25/h4-5,14,18-19H,6-13H2,1-3H3,(H,22,25). The second kappa shape index (κ2) is 8.83. The minimum absolute atomic E-state index is 0.0351. The normalized spacial score (nSPS) is 19.9. The molecule has 160 valence electrons. The minimum atomic E-state index is -3.53. The molecule has 1 aromatic rings. The lowest BCUT2D eigenvalue weighted by molar-refractivity contribution is -0.137. The fourth-order valence-electron chi connectivity index (χ4n) is 4.16. The molecule has 2 saturated heterocycles. The van der Waals surface area contributed by atoms with Crippen molar-refractivity contribution < 1.29 is 18.0 Å². The van der Waals surface area contributed by atoms with Gasteiger partial charge in [0.05, 0.1) is 4.90 Å². The molecule has 0 atom stereocenters. The maximum absolute atomic E-state index is 12.9. The van der Waals surface area contributed by atoms with Gasteiger partial charge in [0.1, 0.15) is 0 Å². The highest BCUT2D eigenvalue weighted by atomic mass is 32.2. The first-order chi connectivity index (χ1) is 13.7. The molecule has 29 heavy (non-hydrogen) atoms. The van der Waals surface area contributed by atoms with Gasteiger partial charge in [-0.15, -0.1) is 0 Å². The zero-order valence-electron chi connectivity index (χ0n) is 17.5. The highest BCUT2D eigenvalue weighted by Gasteiger charge is 2.35. The van der Waals surface area contributed by atoms with Crippen LogP contribution < -0.4 is 5.32 Å². The molecule has 0 radical (unpaired) electrons. The van der Waals surface area contributed by atoms with Crippen LogP contribution in [-0.2, 0) is 19.6 Å². The van der Waals surface area contributed by atoms with Crippen LogP contribution in [0, 0.1) is 19.8 Å². The van der Waals surface area contributed by atoms with Crippen LogP contribution in [0.3, 0.4) is 0 Å². The average Bonchev–Trinajstić information content (AvgIpc) is 2.69. The molecule has 0 unspecified atom stereocenters. The van der Waals surface area contributed by atoms with Crippen LogP contribution in [0.15, 0.2) is 23.1 Å². The third kappa shape index (κ3) is 4.98. The summed E-state index contributed by atoms with van der Waals surface area (Å²) >= 11 is 0. The molecule has 2 amide bonds. The van der Waals surface area contributed by atoms with Crippen LogP contribution in [0.2, 0.25) is 0 Å². The molecule has 0 spiro atoms. The Kier molecular flexibility index (Phi) is 6.63. The summed E-state index contributed by atoms with van der Waals surface area (Å²) in [6.07, 6.45) is 2.64. The lowest BCUT2D eigenvalue weighted by Gasteiger charge is -2.37. The van der Waals surface area contributed by atoms with Crippen LogP contribution in [-0.4, -0.2) is 61.7 Å². The van der Waals surface area contributed by atoms with Crippen molar-refractivity contribution in [2.45, 2.75) is 57.4 Å². The molecule has 1 aromatic carbocycles. The van der Waals surface area contributed by atoms with E-state index in [2.05, 4.69) is 5.32 Å². The number of nitrogens with zero attached hydrogens (tertiary/aromatic N) is 2. The number of likely N-dealkylation sites (tertiary alicyclic amines) is 1. The van der Waals surface area contributed by atoms with Crippen LogP contribution >= 0.6 is 0 Å². The number of carbonyl (C=O) groups excluding carboxylic acids is 2. The van der Waals surface area contributed by atoms with Gasteiger partial charge in [-0.05, 0) is 62.8 Å². The quantitative estimate of drug-likeness (QED) is 0.804. The number of hydrogen-bond donors (Lipinski definition) is 1. The summed E-state index contributed by atoms with van der Waals surface area (Å²) in [4.78, 5) is 26.2. The Bertz CT molecular complexity index is 868. The lowest BCUT2D eigenvalue weighted by Crippen LogP contribution is -2.49. The predicted molar refractivity (Wildman–Crippen MR) is 111 cm³/mol. The van der Waals surface area contributed by atoms with Crippen molar-refractivity contribution >= 4 is 21.8 Å². The van der Waals surface area contributed by atoms with Crippen LogP contribution in [0.25, 0.3) is 0 Å². The SMILES string of the molecule is CC(=O)NC1CCN(C(=O)C2CCN(S(=O)(=O)c3ccc(C)c(C)c3)CC2)CC1. The van der Waals surface area contributed by atoms with E-state index in [1.165, 1.54) is 11.2 Å². The zero-order valence-corrected chi connectivity index (χ0v) is 18.3. The molecule has 0 aromatic heterocycles. The lowest BCUT2D eigenvalue weighted by atomic mass is 9.95. The zero-order chi connectivity index (χ0) is 21.2. The first-order valence-electron chi connectivity index (χ1n) is 10.3. The van der Waals surface area contributed by atoms with Crippen molar-refractivity contribution in [2.75, 3.05) is 26.2 Å². The summed E-state index contributed by atoms with van der Waals surface area (Å²) in [6.45, 7) is 7.41. The van der Waals surface area contributed by atoms with E-state index in [-0.39, 0.29) is 23.8 Å². The minimum Gasteiger partial charge on any atom is -0.353 e. The predicted octanol–water partition coefficient (Wildman–Crippen LogP) is 1.83. The molecule has 1 N–H and O–H groups in total. The van der Waals surface area contributed by atoms with E-state index in [1.807, 2.05) is 24.8 Å². The molecule has 2 heterocycles. The fourth-order valence-corrected chi connectivity index (χ4v) is 5.71. The Balaban J connectivity index is 1.55. The van der Waals surface area contributed by atoms with Gasteiger partial charge in [0, 0.05) is 45.1 Å². The number of amides is 2. The Morgan fingerprint density at radius 1 is 0.966 bits per heavy atom. The number of piperidine rings is 2. The Morgan fingerprint density at radius 2 is 1.59 bits per heavy atom. The molecule has 3 rings (SSSR count). The molecule has 0 saturated carbocycles. The van der Waals surface area contributed by atoms with Gasteiger partial charge in [-0.1, -0.05) is 6.07 Å². The topological polar surface area (TPSA) is 86.8 Å². The number of hydrogen-bond acceptors (Lipinski definition) is 4. The summed E-state index contributed by atoms with van der Waals surface area (Å²) in [5, 5.41) is 2.92. The van der Waals surface area contributed by atoms with Gasteiger partial charge in [-0.25, -0.2) is 8.42 Å². The molecule has 8 heteroatoms. The number of nitrogens with one attached hydrogen (secondary N) is 1. The molecular formula is C21H31N3O4S. The van der Waals surface area contributed by atoms with Crippen molar-refractivity contribution in [3.8, 4) is 0 Å². The van der Waals surface area contributed by atoms with Gasteiger partial charge >= 0.3 is 0 Å². The summed E-state index contributed by atoms with van der Waals surface area (Å²) in [7, 11) is -3.53. The van der Waals surface area contributed by atoms with Gasteiger partial charge in [-0.2, -0.15) is 4.31 Å². The molecular weight excluding hydrogens is 390 g/mol. The molecule has 7 nitrogen and oxygen atoms in total. The van der Waals surface area contributed by atoms with Gasteiger partial charge in [-0.3, -0.25) is 9.59 Å². The number of benzene rings is 1. The Morgan fingerprint density at radius 3 is 2.14 bits per heavy atom. The number of carbonyl (C=O) groups is 2. The third-order valence-corrected chi connectivity index (χ3v) is 8.03. The second-order valence-corrected chi connectivity index (χ2v) is 10.2. The first-order valence-corrected chi connectivity index (χ1v) is 11.8. The molecule has 2 aliphatic rings. The highest BCUT2D eigenvalue weighted by molar-refractivity contribution is 7.89. The van der Waals surface area contributed by atoms with Crippen molar-refractivity contribution in [3.05, 3.63) is 29.3 Å². The largest absolute Gasteiger partial charge is 0.353 e. The van der Waals surface area contributed by atoms with E-state index >= 15 is 0 Å². The van der Waals surface area contributed by atoms with Gasteiger partial charge in [0.25, 0.3) is 0 Å². The van der Waals surface area contributed by atoms with Crippen molar-refractivity contribution in [1.29, 1.82) is 0 Å². The van der Waals surface area contributed by atoms with Crippen molar-refractivity contribution in [2.24, 2.45) is 5.92 Å². The number of aryl methyl sites for hydroxylation is 2. The van der Waals surface area contributed by atoms with Crippen LogP contribution in [0.5, 0.6) is 0 Å². The summed E-state index contributed by atoms with van der Waals surface area (Å²) in [5.41, 5.74) is 2.02.